The van der Waals surface area contributed by atoms with Crippen molar-refractivity contribution in [3.05, 3.63) is 102 Å². The maximum atomic E-state index is 13.2. The summed E-state index contributed by atoms with van der Waals surface area (Å²) < 4.78 is 5.46. The van der Waals surface area contributed by atoms with Crippen LogP contribution < -0.4 is 4.74 Å². The zero-order valence-electron chi connectivity index (χ0n) is 17.6. The lowest BCUT2D eigenvalue weighted by molar-refractivity contribution is -0.132. The van der Waals surface area contributed by atoms with Gasteiger partial charge in [0.15, 0.2) is 6.10 Å². The minimum Gasteiger partial charge on any atom is -0.496 e. The van der Waals surface area contributed by atoms with Gasteiger partial charge in [0.1, 0.15) is 5.75 Å². The molecule has 158 valence electrons. The second kappa shape index (κ2) is 9.94. The Labute approximate surface area is 182 Å². The Morgan fingerprint density at radius 2 is 1.61 bits per heavy atom. The lowest BCUT2D eigenvalue weighted by Gasteiger charge is -2.25. The largest absolute Gasteiger partial charge is 0.496 e. The van der Waals surface area contributed by atoms with Gasteiger partial charge in [-0.2, -0.15) is 0 Å². The highest BCUT2D eigenvalue weighted by Gasteiger charge is 2.28. The second-order valence-electron chi connectivity index (χ2n) is 7.59. The number of para-hydroxylation sites is 1. The monoisotopic (exact) mass is 414 g/mol. The van der Waals surface area contributed by atoms with Crippen molar-refractivity contribution < 1.29 is 14.4 Å². The Kier molecular flexibility index (Phi) is 6.62. The normalized spacial score (nSPS) is 15.1. The van der Waals surface area contributed by atoms with E-state index in [0.29, 0.717) is 25.9 Å². The van der Waals surface area contributed by atoms with Crippen molar-refractivity contribution in [3.63, 3.8) is 0 Å². The summed E-state index contributed by atoms with van der Waals surface area (Å²) in [6, 6.07) is 27.6. The number of ether oxygens (including phenoxy) is 1. The summed E-state index contributed by atoms with van der Waals surface area (Å²) in [5.74, 6) is 0.844. The van der Waals surface area contributed by atoms with E-state index in [9.17, 15) is 4.79 Å². The van der Waals surface area contributed by atoms with E-state index in [1.807, 2.05) is 89.8 Å². The SMILES string of the molecule is COc1ccccc1C1=NO[C@@H](CN(Cc2ccccc2)C(=O)Cc2ccccc2)C1. The molecule has 4 rings (SSSR count). The van der Waals surface area contributed by atoms with Crippen LogP contribution in [0.3, 0.4) is 0 Å². The maximum absolute atomic E-state index is 13.2. The highest BCUT2D eigenvalue weighted by Crippen LogP contribution is 2.25. The van der Waals surface area contributed by atoms with Gasteiger partial charge in [0.2, 0.25) is 5.91 Å². The summed E-state index contributed by atoms with van der Waals surface area (Å²) in [6.07, 6.45) is 0.800. The van der Waals surface area contributed by atoms with Gasteiger partial charge in [-0.05, 0) is 23.3 Å². The van der Waals surface area contributed by atoms with Gasteiger partial charge in [-0.15, -0.1) is 0 Å². The van der Waals surface area contributed by atoms with Crippen molar-refractivity contribution >= 4 is 11.6 Å². The molecule has 5 heteroatoms. The first-order valence-corrected chi connectivity index (χ1v) is 10.4. The number of benzene rings is 3. The molecular formula is C26H26N2O3. The highest BCUT2D eigenvalue weighted by atomic mass is 16.6. The molecule has 0 N–H and O–H groups in total. The molecule has 1 aliphatic rings. The van der Waals surface area contributed by atoms with E-state index in [4.69, 9.17) is 9.57 Å². The van der Waals surface area contributed by atoms with Crippen molar-refractivity contribution in [2.24, 2.45) is 5.16 Å². The Morgan fingerprint density at radius 1 is 0.968 bits per heavy atom. The predicted octanol–water partition coefficient (Wildman–Crippen LogP) is 4.46. The molecule has 0 aromatic heterocycles. The summed E-state index contributed by atoms with van der Waals surface area (Å²) in [4.78, 5) is 20.8. The molecule has 0 unspecified atom stereocenters. The molecule has 31 heavy (non-hydrogen) atoms. The standard InChI is InChI=1S/C26H26N2O3/c1-30-25-15-9-8-14-23(25)24-17-22(31-27-24)19-28(18-21-12-6-3-7-13-21)26(29)16-20-10-4-2-5-11-20/h2-15,22H,16-19H2,1H3/t22-/m1/s1. The Bertz CT molecular complexity index is 1030. The number of amides is 1. The average Bonchev–Trinajstić information content (AvgIpc) is 3.28. The van der Waals surface area contributed by atoms with Crippen LogP contribution in [0, 0.1) is 0 Å². The zero-order valence-corrected chi connectivity index (χ0v) is 17.6. The van der Waals surface area contributed by atoms with Crippen LogP contribution >= 0.6 is 0 Å². The van der Waals surface area contributed by atoms with Crippen LogP contribution in [0.1, 0.15) is 23.1 Å². The first kappa shape index (κ1) is 20.7. The number of methoxy groups -OCH3 is 1. The molecule has 0 aliphatic carbocycles. The molecule has 1 heterocycles. The summed E-state index contributed by atoms with van der Waals surface area (Å²) >= 11 is 0. The van der Waals surface area contributed by atoms with Crippen LogP contribution in [0.5, 0.6) is 5.75 Å². The molecule has 1 aliphatic heterocycles. The third-order valence-corrected chi connectivity index (χ3v) is 5.34. The van der Waals surface area contributed by atoms with E-state index in [1.165, 1.54) is 0 Å². The van der Waals surface area contributed by atoms with E-state index < -0.39 is 0 Å². The van der Waals surface area contributed by atoms with Crippen molar-refractivity contribution in [2.45, 2.75) is 25.5 Å². The Morgan fingerprint density at radius 3 is 2.32 bits per heavy atom. The second-order valence-corrected chi connectivity index (χ2v) is 7.59. The van der Waals surface area contributed by atoms with Crippen molar-refractivity contribution in [1.82, 2.24) is 4.90 Å². The third-order valence-electron chi connectivity index (χ3n) is 5.34. The molecule has 0 saturated heterocycles. The van der Waals surface area contributed by atoms with Gasteiger partial charge in [-0.25, -0.2) is 0 Å². The lowest BCUT2D eigenvalue weighted by atomic mass is 10.0. The van der Waals surface area contributed by atoms with Crippen LogP contribution in [-0.2, 0) is 22.6 Å². The summed E-state index contributed by atoms with van der Waals surface area (Å²) in [6.45, 7) is 1.01. The van der Waals surface area contributed by atoms with E-state index >= 15 is 0 Å². The fourth-order valence-electron chi connectivity index (χ4n) is 3.75. The highest BCUT2D eigenvalue weighted by molar-refractivity contribution is 6.03. The number of hydrogen-bond donors (Lipinski definition) is 0. The molecule has 1 amide bonds. The van der Waals surface area contributed by atoms with Crippen molar-refractivity contribution in [1.29, 1.82) is 0 Å². The summed E-state index contributed by atoms with van der Waals surface area (Å²) in [5, 5.41) is 4.30. The van der Waals surface area contributed by atoms with Crippen LogP contribution in [0.25, 0.3) is 0 Å². The van der Waals surface area contributed by atoms with E-state index in [1.54, 1.807) is 7.11 Å². The number of carbonyl (C=O) groups excluding carboxylic acids is 1. The third kappa shape index (κ3) is 5.31. The van der Waals surface area contributed by atoms with E-state index in [-0.39, 0.29) is 12.0 Å². The molecule has 0 spiro atoms. The van der Waals surface area contributed by atoms with E-state index in [2.05, 4.69) is 5.16 Å². The fourth-order valence-corrected chi connectivity index (χ4v) is 3.75. The number of nitrogens with zero attached hydrogens (tertiary/aromatic N) is 2. The summed E-state index contributed by atoms with van der Waals surface area (Å²) in [5.41, 5.74) is 3.87. The average molecular weight is 415 g/mol. The topological polar surface area (TPSA) is 51.1 Å². The number of carbonyl (C=O) groups is 1. The number of rotatable bonds is 8. The van der Waals surface area contributed by atoms with Crippen LogP contribution in [0.15, 0.2) is 90.1 Å². The van der Waals surface area contributed by atoms with Crippen LogP contribution in [0.2, 0.25) is 0 Å². The molecule has 1 atom stereocenters. The molecule has 5 nitrogen and oxygen atoms in total. The smallest absolute Gasteiger partial charge is 0.227 e. The molecule has 3 aromatic rings. The molecule has 3 aromatic carbocycles. The lowest BCUT2D eigenvalue weighted by Crippen LogP contribution is -2.38. The maximum Gasteiger partial charge on any atom is 0.227 e. The van der Waals surface area contributed by atoms with Gasteiger partial charge in [0.05, 0.1) is 25.8 Å². The van der Waals surface area contributed by atoms with Crippen molar-refractivity contribution in [2.75, 3.05) is 13.7 Å². The Hall–Kier alpha value is -3.60. The van der Waals surface area contributed by atoms with Gasteiger partial charge < -0.3 is 14.5 Å². The first-order chi connectivity index (χ1) is 15.2. The fraction of sp³-hybridized carbons (Fsp3) is 0.231. The zero-order chi connectivity index (χ0) is 21.5. The minimum absolute atomic E-state index is 0.0735. The van der Waals surface area contributed by atoms with Gasteiger partial charge in [-0.3, -0.25) is 4.79 Å². The van der Waals surface area contributed by atoms with Crippen LogP contribution in [0.4, 0.5) is 0 Å². The predicted molar refractivity (Wildman–Crippen MR) is 121 cm³/mol. The minimum atomic E-state index is -0.191. The molecular weight excluding hydrogens is 388 g/mol. The molecule has 0 bridgehead atoms. The van der Waals surface area contributed by atoms with Gasteiger partial charge in [0.25, 0.3) is 0 Å². The summed E-state index contributed by atoms with van der Waals surface area (Å²) in [7, 11) is 1.65. The number of oxime groups is 1. The van der Waals surface area contributed by atoms with Gasteiger partial charge in [-0.1, -0.05) is 78.0 Å². The Balaban J connectivity index is 1.46. The van der Waals surface area contributed by atoms with E-state index in [0.717, 1.165) is 28.2 Å². The van der Waals surface area contributed by atoms with Crippen molar-refractivity contribution in [3.8, 4) is 5.75 Å². The quantitative estimate of drug-likeness (QED) is 0.547. The molecule has 0 radical (unpaired) electrons. The molecule has 0 saturated carbocycles. The van der Waals surface area contributed by atoms with Gasteiger partial charge in [0, 0.05) is 18.5 Å². The van der Waals surface area contributed by atoms with Gasteiger partial charge >= 0.3 is 0 Å². The molecule has 0 fully saturated rings. The first-order valence-electron chi connectivity index (χ1n) is 10.4. The number of hydrogen-bond acceptors (Lipinski definition) is 4. The van der Waals surface area contributed by atoms with Crippen LogP contribution in [-0.4, -0.2) is 36.3 Å².